The van der Waals surface area contributed by atoms with E-state index in [1.165, 1.54) is 19.2 Å². The van der Waals surface area contributed by atoms with Gasteiger partial charge in [0.25, 0.3) is 0 Å². The summed E-state index contributed by atoms with van der Waals surface area (Å²) in [6, 6.07) is 10.2. The van der Waals surface area contributed by atoms with E-state index < -0.39 is 10.9 Å². The predicted molar refractivity (Wildman–Crippen MR) is 98.6 cm³/mol. The molecule has 0 heterocycles. The van der Waals surface area contributed by atoms with Crippen molar-refractivity contribution in [2.75, 3.05) is 26.1 Å². The monoisotopic (exact) mass is 424 g/mol. The van der Waals surface area contributed by atoms with Crippen molar-refractivity contribution in [2.24, 2.45) is 0 Å². The molecule has 2 rings (SSSR count). The van der Waals surface area contributed by atoms with Crippen molar-refractivity contribution in [2.45, 2.75) is 6.61 Å². The number of ether oxygens (including phenoxy) is 3. The van der Waals surface area contributed by atoms with Gasteiger partial charge in [-0.05, 0) is 23.8 Å². The fraction of sp³-hybridized carbons (Fsp3) is 0.235. The summed E-state index contributed by atoms with van der Waals surface area (Å²) in [5, 5.41) is 14.2. The minimum absolute atomic E-state index is 0.0764. The van der Waals surface area contributed by atoms with Crippen LogP contribution in [0.15, 0.2) is 40.9 Å². The number of anilines is 1. The maximum absolute atomic E-state index is 11.5. The molecule has 0 aromatic heterocycles. The summed E-state index contributed by atoms with van der Waals surface area (Å²) in [6.07, 6.45) is 0. The van der Waals surface area contributed by atoms with Crippen molar-refractivity contribution in [3.05, 3.63) is 56.5 Å². The first-order valence-corrected chi connectivity index (χ1v) is 8.28. The first kappa shape index (κ1) is 19.5. The summed E-state index contributed by atoms with van der Waals surface area (Å²) in [5.74, 6) is 0.240. The summed E-state index contributed by atoms with van der Waals surface area (Å²) < 4.78 is 15.8. The average molecular weight is 425 g/mol. The molecule has 0 radical (unpaired) electrons. The summed E-state index contributed by atoms with van der Waals surface area (Å²) in [7, 11) is 2.81. The van der Waals surface area contributed by atoms with Gasteiger partial charge in [0.1, 0.15) is 24.6 Å². The average Bonchev–Trinajstić information content (AvgIpc) is 2.64. The first-order valence-electron chi connectivity index (χ1n) is 7.49. The number of hydrogen-bond donors (Lipinski definition) is 1. The summed E-state index contributed by atoms with van der Waals surface area (Å²) >= 11 is 3.29. The number of esters is 1. The van der Waals surface area contributed by atoms with Crippen LogP contribution >= 0.6 is 15.9 Å². The fourth-order valence-electron chi connectivity index (χ4n) is 2.13. The normalized spacial score (nSPS) is 10.1. The molecule has 0 unspecified atom stereocenters. The Morgan fingerprint density at radius 1 is 1.23 bits per heavy atom. The molecule has 8 nitrogen and oxygen atoms in total. The van der Waals surface area contributed by atoms with Gasteiger partial charge in [-0.2, -0.15) is 0 Å². The van der Waals surface area contributed by atoms with Crippen LogP contribution < -0.4 is 14.8 Å². The molecule has 9 heteroatoms. The van der Waals surface area contributed by atoms with Crippen LogP contribution in [0.4, 0.5) is 11.4 Å². The van der Waals surface area contributed by atoms with E-state index in [0.29, 0.717) is 10.2 Å². The van der Waals surface area contributed by atoms with Crippen molar-refractivity contribution in [3.8, 4) is 11.5 Å². The second kappa shape index (κ2) is 9.04. The molecule has 0 amide bonds. The highest BCUT2D eigenvalue weighted by molar-refractivity contribution is 9.10. The Hall–Kier alpha value is -2.81. The lowest BCUT2D eigenvalue weighted by molar-refractivity contribution is -0.385. The highest BCUT2D eigenvalue weighted by atomic mass is 79.9. The fourth-order valence-corrected chi connectivity index (χ4v) is 2.57. The molecule has 0 bridgehead atoms. The summed E-state index contributed by atoms with van der Waals surface area (Å²) in [6.45, 7) is -0.0660. The Morgan fingerprint density at radius 2 is 1.92 bits per heavy atom. The van der Waals surface area contributed by atoms with Gasteiger partial charge in [-0.15, -0.1) is 0 Å². The Kier molecular flexibility index (Phi) is 6.79. The molecule has 1 N–H and O–H groups in total. The highest BCUT2D eigenvalue weighted by Gasteiger charge is 2.23. The molecule has 0 saturated carbocycles. The lowest BCUT2D eigenvalue weighted by Gasteiger charge is -2.12. The van der Waals surface area contributed by atoms with Gasteiger partial charge in [0.2, 0.25) is 5.75 Å². The van der Waals surface area contributed by atoms with E-state index in [1.54, 1.807) is 31.4 Å². The van der Waals surface area contributed by atoms with Gasteiger partial charge in [-0.1, -0.05) is 28.1 Å². The number of carbonyl (C=O) groups is 1. The van der Waals surface area contributed by atoms with Crippen LogP contribution in [0.1, 0.15) is 5.56 Å². The van der Waals surface area contributed by atoms with Crippen LogP contribution in [0.2, 0.25) is 0 Å². The number of nitrogens with one attached hydrogen (secondary N) is 1. The molecule has 0 aliphatic rings. The topological polar surface area (TPSA) is 99.9 Å². The van der Waals surface area contributed by atoms with Crippen LogP contribution in [0.5, 0.6) is 11.5 Å². The summed E-state index contributed by atoms with van der Waals surface area (Å²) in [5.41, 5.74) is 0.717. The van der Waals surface area contributed by atoms with E-state index in [2.05, 4.69) is 26.0 Å². The smallest absolute Gasteiger partial charge is 0.333 e. The lowest BCUT2D eigenvalue weighted by Crippen LogP contribution is -2.16. The maximum atomic E-state index is 11.5. The lowest BCUT2D eigenvalue weighted by atomic mass is 10.2. The van der Waals surface area contributed by atoms with Crippen LogP contribution in [0.25, 0.3) is 0 Å². The van der Waals surface area contributed by atoms with Gasteiger partial charge in [0.05, 0.1) is 19.1 Å². The van der Waals surface area contributed by atoms with Gasteiger partial charge >= 0.3 is 11.7 Å². The Labute approximate surface area is 158 Å². The zero-order chi connectivity index (χ0) is 19.1. The number of nitrogens with zero attached hydrogens (tertiary/aromatic N) is 1. The zero-order valence-electron chi connectivity index (χ0n) is 14.2. The predicted octanol–water partition coefficient (Wildman–Crippen LogP) is 3.53. The molecule has 0 aliphatic carbocycles. The van der Waals surface area contributed by atoms with E-state index >= 15 is 0 Å². The van der Waals surface area contributed by atoms with Crippen molar-refractivity contribution >= 4 is 33.3 Å². The van der Waals surface area contributed by atoms with E-state index in [0.717, 1.165) is 5.56 Å². The SMILES string of the molecule is COC(=O)CNc1cc(Br)cc(OCc2ccc(OC)cc2)c1[N+](=O)[O-]. The number of halogens is 1. The third-order valence-corrected chi connectivity index (χ3v) is 3.88. The molecular weight excluding hydrogens is 408 g/mol. The Balaban J connectivity index is 2.23. The minimum atomic E-state index is -0.560. The number of rotatable bonds is 8. The molecule has 0 aliphatic heterocycles. The Bertz CT molecular complexity index is 795. The quantitative estimate of drug-likeness (QED) is 0.392. The third-order valence-electron chi connectivity index (χ3n) is 3.43. The van der Waals surface area contributed by atoms with Crippen molar-refractivity contribution in [3.63, 3.8) is 0 Å². The number of nitro benzene ring substituents is 1. The van der Waals surface area contributed by atoms with Gasteiger partial charge < -0.3 is 19.5 Å². The molecule has 0 spiro atoms. The van der Waals surface area contributed by atoms with Crippen LogP contribution in [-0.2, 0) is 16.1 Å². The molecule has 2 aromatic carbocycles. The van der Waals surface area contributed by atoms with E-state index in [9.17, 15) is 14.9 Å². The molecule has 138 valence electrons. The van der Waals surface area contributed by atoms with E-state index in [-0.39, 0.29) is 30.3 Å². The molecule has 0 fully saturated rings. The van der Waals surface area contributed by atoms with E-state index in [1.807, 2.05) is 0 Å². The molecule has 0 saturated heterocycles. The second-order valence-electron chi connectivity index (χ2n) is 5.12. The van der Waals surface area contributed by atoms with Crippen molar-refractivity contribution in [1.29, 1.82) is 0 Å². The largest absolute Gasteiger partial charge is 0.497 e. The molecule has 2 aromatic rings. The first-order chi connectivity index (χ1) is 12.4. The van der Waals surface area contributed by atoms with Crippen molar-refractivity contribution in [1.82, 2.24) is 0 Å². The summed E-state index contributed by atoms with van der Waals surface area (Å²) in [4.78, 5) is 22.2. The highest BCUT2D eigenvalue weighted by Crippen LogP contribution is 2.38. The van der Waals surface area contributed by atoms with Crippen LogP contribution in [0, 0.1) is 10.1 Å². The number of carbonyl (C=O) groups excluding carboxylic acids is 1. The molecule has 0 atom stereocenters. The van der Waals surface area contributed by atoms with Gasteiger partial charge in [-0.3, -0.25) is 14.9 Å². The third kappa shape index (κ3) is 5.09. The number of nitro groups is 1. The number of methoxy groups -OCH3 is 2. The zero-order valence-corrected chi connectivity index (χ0v) is 15.7. The maximum Gasteiger partial charge on any atom is 0.333 e. The minimum Gasteiger partial charge on any atom is -0.497 e. The van der Waals surface area contributed by atoms with Gasteiger partial charge in [0.15, 0.2) is 0 Å². The Morgan fingerprint density at radius 3 is 2.50 bits per heavy atom. The van der Waals surface area contributed by atoms with Crippen LogP contribution in [-0.4, -0.2) is 31.7 Å². The molecular formula is C17H17BrN2O6. The number of benzene rings is 2. The van der Waals surface area contributed by atoms with Crippen molar-refractivity contribution < 1.29 is 23.9 Å². The van der Waals surface area contributed by atoms with Gasteiger partial charge in [-0.25, -0.2) is 0 Å². The molecule has 26 heavy (non-hydrogen) atoms. The standard InChI is InChI=1S/C17H17BrN2O6/c1-24-13-5-3-11(4-6-13)10-26-15-8-12(18)7-14(17(15)20(22)23)19-9-16(21)25-2/h3-8,19H,9-10H2,1-2H3. The number of hydrogen-bond acceptors (Lipinski definition) is 7. The van der Waals surface area contributed by atoms with Gasteiger partial charge in [0, 0.05) is 10.5 Å². The van der Waals surface area contributed by atoms with Crippen LogP contribution in [0.3, 0.4) is 0 Å². The second-order valence-corrected chi connectivity index (χ2v) is 6.04. The van der Waals surface area contributed by atoms with E-state index in [4.69, 9.17) is 9.47 Å².